The number of hydrogen-bond donors (Lipinski definition) is 1. The Labute approximate surface area is 113 Å². The van der Waals surface area contributed by atoms with E-state index >= 15 is 0 Å². The van der Waals surface area contributed by atoms with Gasteiger partial charge in [0.25, 0.3) is 0 Å². The van der Waals surface area contributed by atoms with Gasteiger partial charge in [0.05, 0.1) is 12.3 Å². The summed E-state index contributed by atoms with van der Waals surface area (Å²) in [5.74, 6) is 0.361. The molecule has 1 atom stereocenters. The second-order valence-corrected chi connectivity index (χ2v) is 4.68. The SMILES string of the molecule is FC(F)(F)CCc1noc(C2CNc3ccccc32)n1. The van der Waals surface area contributed by atoms with Gasteiger partial charge in [-0.2, -0.15) is 18.2 Å². The molecule has 0 amide bonds. The Balaban J connectivity index is 1.75. The maximum absolute atomic E-state index is 12.1. The van der Waals surface area contributed by atoms with Gasteiger partial charge in [-0.3, -0.25) is 0 Å². The molecule has 106 valence electrons. The van der Waals surface area contributed by atoms with E-state index in [1.54, 1.807) is 0 Å². The lowest BCUT2D eigenvalue weighted by Gasteiger charge is -2.03. The molecular formula is C13H12F3N3O. The average molecular weight is 283 g/mol. The van der Waals surface area contributed by atoms with E-state index in [1.165, 1.54) is 0 Å². The van der Waals surface area contributed by atoms with Crippen LogP contribution in [-0.2, 0) is 6.42 Å². The van der Waals surface area contributed by atoms with Crippen LogP contribution in [0, 0.1) is 0 Å². The first-order chi connectivity index (χ1) is 9.53. The lowest BCUT2D eigenvalue weighted by Crippen LogP contribution is -2.09. The Hall–Kier alpha value is -2.05. The zero-order chi connectivity index (χ0) is 14.2. The van der Waals surface area contributed by atoms with Crippen LogP contribution in [0.25, 0.3) is 0 Å². The molecule has 0 aliphatic carbocycles. The molecule has 4 nitrogen and oxygen atoms in total. The summed E-state index contributed by atoms with van der Waals surface area (Å²) in [5, 5.41) is 6.83. The molecule has 0 fully saturated rings. The molecule has 1 N–H and O–H groups in total. The zero-order valence-corrected chi connectivity index (χ0v) is 10.4. The number of halogens is 3. The van der Waals surface area contributed by atoms with Gasteiger partial charge in [-0.25, -0.2) is 0 Å². The fourth-order valence-electron chi connectivity index (χ4n) is 2.27. The summed E-state index contributed by atoms with van der Waals surface area (Å²) in [6.07, 6.45) is -5.40. The second-order valence-electron chi connectivity index (χ2n) is 4.68. The molecule has 1 aromatic carbocycles. The number of aryl methyl sites for hydroxylation is 1. The summed E-state index contributed by atoms with van der Waals surface area (Å²) < 4.78 is 41.6. The van der Waals surface area contributed by atoms with E-state index in [9.17, 15) is 13.2 Å². The normalized spacial score (nSPS) is 17.9. The minimum atomic E-state index is -4.21. The van der Waals surface area contributed by atoms with Gasteiger partial charge in [0.1, 0.15) is 0 Å². The predicted molar refractivity (Wildman–Crippen MR) is 65.4 cm³/mol. The van der Waals surface area contributed by atoms with Crippen molar-refractivity contribution in [2.45, 2.75) is 24.9 Å². The fourth-order valence-corrected chi connectivity index (χ4v) is 2.27. The van der Waals surface area contributed by atoms with Gasteiger partial charge in [-0.05, 0) is 11.6 Å². The van der Waals surface area contributed by atoms with Gasteiger partial charge < -0.3 is 9.84 Å². The van der Waals surface area contributed by atoms with Crippen LogP contribution in [0.4, 0.5) is 18.9 Å². The molecule has 1 unspecified atom stereocenters. The van der Waals surface area contributed by atoms with Crippen LogP contribution < -0.4 is 5.32 Å². The number of anilines is 1. The smallest absolute Gasteiger partial charge is 0.384 e. The van der Waals surface area contributed by atoms with E-state index in [0.717, 1.165) is 11.3 Å². The van der Waals surface area contributed by atoms with Crippen LogP contribution in [0.2, 0.25) is 0 Å². The quantitative estimate of drug-likeness (QED) is 0.940. The Morgan fingerprint density at radius 2 is 2.10 bits per heavy atom. The summed E-state index contributed by atoms with van der Waals surface area (Å²) in [5.41, 5.74) is 2.02. The number of benzene rings is 1. The van der Waals surface area contributed by atoms with Crippen LogP contribution in [0.1, 0.15) is 29.6 Å². The molecule has 2 aromatic rings. The molecular weight excluding hydrogens is 271 g/mol. The predicted octanol–water partition coefficient (Wildman–Crippen LogP) is 3.12. The van der Waals surface area contributed by atoms with Crippen molar-refractivity contribution in [1.82, 2.24) is 10.1 Å². The van der Waals surface area contributed by atoms with Crippen LogP contribution in [0.3, 0.4) is 0 Å². The fraction of sp³-hybridized carbons (Fsp3) is 0.385. The van der Waals surface area contributed by atoms with Crippen molar-refractivity contribution in [1.29, 1.82) is 0 Å². The van der Waals surface area contributed by atoms with Gasteiger partial charge in [0, 0.05) is 18.7 Å². The standard InChI is InChI=1S/C13H12F3N3O/c14-13(15,16)6-5-11-18-12(20-19-11)9-7-17-10-4-2-1-3-8(9)10/h1-4,9,17H,5-7H2. The van der Waals surface area contributed by atoms with E-state index in [-0.39, 0.29) is 18.2 Å². The molecule has 0 bridgehead atoms. The Morgan fingerprint density at radius 3 is 2.90 bits per heavy atom. The van der Waals surface area contributed by atoms with E-state index in [4.69, 9.17) is 4.52 Å². The monoisotopic (exact) mass is 283 g/mol. The number of rotatable bonds is 3. The van der Waals surface area contributed by atoms with Gasteiger partial charge >= 0.3 is 6.18 Å². The van der Waals surface area contributed by atoms with Crippen molar-refractivity contribution in [2.75, 3.05) is 11.9 Å². The van der Waals surface area contributed by atoms with Crippen molar-refractivity contribution < 1.29 is 17.7 Å². The summed E-state index contributed by atoms with van der Waals surface area (Å²) in [4.78, 5) is 4.08. The third-order valence-electron chi connectivity index (χ3n) is 3.25. The third-order valence-corrected chi connectivity index (χ3v) is 3.25. The second kappa shape index (κ2) is 4.81. The number of nitrogens with zero attached hydrogens (tertiary/aromatic N) is 2. The highest BCUT2D eigenvalue weighted by atomic mass is 19.4. The van der Waals surface area contributed by atoms with Crippen molar-refractivity contribution >= 4 is 5.69 Å². The molecule has 7 heteroatoms. The molecule has 1 aliphatic rings. The average Bonchev–Trinajstić information content (AvgIpc) is 3.01. The molecule has 0 saturated carbocycles. The zero-order valence-electron chi connectivity index (χ0n) is 10.4. The molecule has 0 saturated heterocycles. The van der Waals surface area contributed by atoms with Crippen molar-refractivity contribution in [3.8, 4) is 0 Å². The summed E-state index contributed by atoms with van der Waals surface area (Å²) >= 11 is 0. The van der Waals surface area contributed by atoms with Crippen molar-refractivity contribution in [3.05, 3.63) is 41.5 Å². The number of nitrogens with one attached hydrogen (secondary N) is 1. The highest BCUT2D eigenvalue weighted by Gasteiger charge is 2.30. The highest BCUT2D eigenvalue weighted by molar-refractivity contribution is 5.59. The van der Waals surface area contributed by atoms with Gasteiger partial charge in [-0.15, -0.1) is 0 Å². The molecule has 3 rings (SSSR count). The van der Waals surface area contributed by atoms with Crippen LogP contribution in [-0.4, -0.2) is 22.9 Å². The maximum atomic E-state index is 12.1. The maximum Gasteiger partial charge on any atom is 0.389 e. The summed E-state index contributed by atoms with van der Waals surface area (Å²) in [6.45, 7) is 0.611. The number of aromatic nitrogens is 2. The number of para-hydroxylation sites is 1. The summed E-state index contributed by atoms with van der Waals surface area (Å²) in [7, 11) is 0. The van der Waals surface area contributed by atoms with Gasteiger partial charge in [0.2, 0.25) is 5.89 Å². The molecule has 20 heavy (non-hydrogen) atoms. The Kier molecular flexibility index (Phi) is 3.11. The Morgan fingerprint density at radius 1 is 1.30 bits per heavy atom. The van der Waals surface area contributed by atoms with E-state index in [1.807, 2.05) is 24.3 Å². The van der Waals surface area contributed by atoms with Crippen molar-refractivity contribution in [2.24, 2.45) is 0 Å². The number of alkyl halides is 3. The van der Waals surface area contributed by atoms with E-state index in [2.05, 4.69) is 15.5 Å². The summed E-state index contributed by atoms with van der Waals surface area (Å²) in [6, 6.07) is 7.70. The minimum absolute atomic E-state index is 0.0988. The van der Waals surface area contributed by atoms with Gasteiger partial charge in [0.15, 0.2) is 5.82 Å². The molecule has 1 aromatic heterocycles. The topological polar surface area (TPSA) is 51.0 Å². The first kappa shape index (κ1) is 13.0. The van der Waals surface area contributed by atoms with Gasteiger partial charge in [-0.1, -0.05) is 23.4 Å². The largest absolute Gasteiger partial charge is 0.389 e. The first-order valence-corrected chi connectivity index (χ1v) is 6.25. The van der Waals surface area contributed by atoms with Crippen molar-refractivity contribution in [3.63, 3.8) is 0 Å². The van der Waals surface area contributed by atoms with Crippen LogP contribution in [0.5, 0.6) is 0 Å². The molecule has 1 aliphatic heterocycles. The van der Waals surface area contributed by atoms with E-state index in [0.29, 0.717) is 12.4 Å². The minimum Gasteiger partial charge on any atom is -0.384 e. The number of fused-ring (bicyclic) bond motifs is 1. The first-order valence-electron chi connectivity index (χ1n) is 6.25. The van der Waals surface area contributed by atoms with Crippen LogP contribution >= 0.6 is 0 Å². The Bertz CT molecular complexity index is 609. The third kappa shape index (κ3) is 2.61. The highest BCUT2D eigenvalue weighted by Crippen LogP contribution is 2.35. The number of hydrogen-bond acceptors (Lipinski definition) is 4. The lowest BCUT2D eigenvalue weighted by molar-refractivity contribution is -0.134. The molecule has 0 spiro atoms. The molecule has 0 radical (unpaired) electrons. The van der Waals surface area contributed by atoms with E-state index < -0.39 is 12.6 Å². The lowest BCUT2D eigenvalue weighted by atomic mass is 10.0. The molecule has 2 heterocycles. The van der Waals surface area contributed by atoms with Crippen LogP contribution in [0.15, 0.2) is 28.8 Å².